The van der Waals surface area contributed by atoms with Crippen molar-refractivity contribution in [1.82, 2.24) is 47.9 Å². The fourth-order valence-corrected chi connectivity index (χ4v) is 8.41. The zero-order chi connectivity index (χ0) is 61.1. The van der Waals surface area contributed by atoms with E-state index in [9.17, 15) is 77.6 Å². The maximum atomic E-state index is 14.1. The Kier molecular flexibility index (Phi) is 37.8. The number of unbranched alkanes of at least 4 members (excludes halogenated alkanes) is 2. The van der Waals surface area contributed by atoms with Crippen LogP contribution in [-0.2, 0) is 62.3 Å². The summed E-state index contributed by atoms with van der Waals surface area (Å²) in [5.41, 5.74) is 22.7. The lowest BCUT2D eigenvalue weighted by atomic mass is 9.99. The molecule has 0 bridgehead atoms. The molecule has 80 heavy (non-hydrogen) atoms. The number of carboxylic acids is 2. The molecule has 10 amide bonds. The van der Waals surface area contributed by atoms with Crippen LogP contribution in [0.4, 0.5) is 0 Å². The monoisotopic (exact) mass is 1180 g/mol. The van der Waals surface area contributed by atoms with Crippen molar-refractivity contribution in [3.05, 3.63) is 0 Å². The van der Waals surface area contributed by atoms with Gasteiger partial charge in [-0.3, -0.25) is 57.5 Å². The lowest BCUT2D eigenvalue weighted by Crippen LogP contribution is -2.61. The number of hydrogen-bond donors (Lipinski definition) is 16. The normalized spacial score (nSPS) is 15.2. The first kappa shape index (κ1) is 73.8. The van der Waals surface area contributed by atoms with Gasteiger partial charge in [-0.1, -0.05) is 34.1 Å². The molecule has 0 fully saturated rings. The maximum Gasteiger partial charge on any atom is 0.305 e. The van der Waals surface area contributed by atoms with Gasteiger partial charge in [-0.2, -0.15) is 23.5 Å². The van der Waals surface area contributed by atoms with Gasteiger partial charge in [0, 0.05) is 6.42 Å². The number of amides is 10. The van der Waals surface area contributed by atoms with Gasteiger partial charge >= 0.3 is 11.9 Å². The van der Waals surface area contributed by atoms with E-state index in [0.717, 1.165) is 0 Å². The second-order valence-corrected chi connectivity index (χ2v) is 21.3. The number of primary amides is 1. The van der Waals surface area contributed by atoms with E-state index in [2.05, 4.69) is 47.9 Å². The first-order valence-electron chi connectivity index (χ1n) is 26.4. The molecule has 0 spiro atoms. The van der Waals surface area contributed by atoms with Crippen LogP contribution in [0.2, 0.25) is 0 Å². The molecule has 0 aliphatic heterocycles. The molecule has 0 saturated carbocycles. The summed E-state index contributed by atoms with van der Waals surface area (Å²) in [5.74, 6) is -12.9. The number of carbonyl (C=O) groups excluding carboxylic acids is 11. The van der Waals surface area contributed by atoms with E-state index in [0.29, 0.717) is 43.5 Å². The number of rotatable bonds is 44. The summed E-state index contributed by atoms with van der Waals surface area (Å²) in [6, 6.07) is -14.5. The number of carboxylic acid groups (broad SMARTS) is 2. The van der Waals surface area contributed by atoms with E-state index in [-0.39, 0.29) is 51.1 Å². The molecule has 0 rings (SSSR count). The van der Waals surface area contributed by atoms with Crippen LogP contribution in [0.25, 0.3) is 0 Å². The Morgan fingerprint density at radius 1 is 0.500 bits per heavy atom. The number of nitrogens with two attached hydrogens (primary N) is 4. The third-order valence-corrected chi connectivity index (χ3v) is 13.8. The zero-order valence-corrected chi connectivity index (χ0v) is 48.1. The van der Waals surface area contributed by atoms with Crippen molar-refractivity contribution in [2.24, 2.45) is 34.8 Å². The number of aliphatic carboxylic acids is 2. The molecule has 0 unspecified atom stereocenters. The minimum absolute atomic E-state index is 0.00641. The number of nitrogens with one attached hydrogen (secondary N) is 9. The molecule has 31 heteroatoms. The highest BCUT2D eigenvalue weighted by Gasteiger charge is 2.37. The largest absolute Gasteiger partial charge is 0.481 e. The summed E-state index contributed by atoms with van der Waals surface area (Å²) in [5, 5.41) is 51.1. The van der Waals surface area contributed by atoms with Crippen molar-refractivity contribution in [3.63, 3.8) is 0 Å². The molecule has 0 aliphatic carbocycles. The second-order valence-electron chi connectivity index (χ2n) is 19.3. The molecule has 0 heterocycles. The van der Waals surface area contributed by atoms with Crippen molar-refractivity contribution in [3.8, 4) is 0 Å². The van der Waals surface area contributed by atoms with Crippen LogP contribution in [0.1, 0.15) is 111 Å². The molecule has 0 aromatic rings. The van der Waals surface area contributed by atoms with E-state index in [1.165, 1.54) is 23.5 Å². The molecule has 0 aromatic heterocycles. The van der Waals surface area contributed by atoms with Crippen molar-refractivity contribution in [1.29, 1.82) is 0 Å². The second kappa shape index (κ2) is 40.9. The van der Waals surface area contributed by atoms with Crippen LogP contribution in [0, 0.1) is 11.8 Å². The van der Waals surface area contributed by atoms with Crippen LogP contribution in [0.3, 0.4) is 0 Å². The summed E-state index contributed by atoms with van der Waals surface area (Å²) >= 11 is 2.73. The van der Waals surface area contributed by atoms with Gasteiger partial charge in [-0.25, -0.2) is 0 Å². The molecule has 456 valence electrons. The summed E-state index contributed by atoms with van der Waals surface area (Å²) in [4.78, 5) is 170. The first-order chi connectivity index (χ1) is 37.7. The van der Waals surface area contributed by atoms with Gasteiger partial charge in [0.15, 0.2) is 0 Å². The minimum atomic E-state index is -1.85. The van der Waals surface area contributed by atoms with Crippen molar-refractivity contribution in [2.75, 3.05) is 43.7 Å². The molecule has 29 nitrogen and oxygen atoms in total. The average molecular weight is 1180 g/mol. The molecule has 11 atom stereocenters. The standard InChI is InChI=1S/C49H87N13O16S2/c1-7-27(4)35(24-63)60-47(76)34(23-39(68)69)59-42(71)29(12-8-10-18-50)55-44(73)32(17-21-80-6)57-49(78)40(26(2)3)62-45(74)30(13-9-11-19-51)56-48(77)36(25-64)61-46(75)33(22-37(53)65)58-43(72)31(14-15-38(66)67)54-41(70)28(52)16-20-79-5/h24,26-36,40,64H,7-23,25,50-52H2,1-6H3,(H2,53,65)(H,54,70)(H,55,73)(H,56,77)(H,57,78)(H,58,72)(H,59,71)(H,60,76)(H,61,75)(H,62,74)(H,66,67)(H,68,69)/t27-,28+,29-,30-,31+,32+,33+,34+,35+,36-,40+/m0/s1. The van der Waals surface area contributed by atoms with Crippen LogP contribution >= 0.6 is 23.5 Å². The van der Waals surface area contributed by atoms with Gasteiger partial charge < -0.3 is 90.9 Å². The van der Waals surface area contributed by atoms with E-state index in [1.54, 1.807) is 40.2 Å². The van der Waals surface area contributed by atoms with Crippen LogP contribution in [-0.4, -0.2) is 197 Å². The topological polar surface area (TPSA) is 495 Å². The molecule has 0 radical (unpaired) electrons. The highest BCUT2D eigenvalue weighted by Crippen LogP contribution is 2.12. The van der Waals surface area contributed by atoms with Gasteiger partial charge in [-0.15, -0.1) is 0 Å². The highest BCUT2D eigenvalue weighted by molar-refractivity contribution is 7.98. The molecular formula is C49H87N13O16S2. The number of thioether (sulfide) groups is 2. The van der Waals surface area contributed by atoms with E-state index in [4.69, 9.17) is 22.9 Å². The zero-order valence-electron chi connectivity index (χ0n) is 46.5. The number of aldehydes is 1. The number of carbonyl (C=O) groups is 13. The number of aliphatic hydroxyl groups excluding tert-OH is 1. The van der Waals surface area contributed by atoms with Gasteiger partial charge in [0.2, 0.25) is 59.1 Å². The third-order valence-electron chi connectivity index (χ3n) is 12.5. The number of hydrogen-bond acceptors (Lipinski definition) is 19. The predicted molar refractivity (Wildman–Crippen MR) is 298 cm³/mol. The Labute approximate surface area is 474 Å². The van der Waals surface area contributed by atoms with E-state index < -0.39 is 170 Å². The molecule has 0 aromatic carbocycles. The van der Waals surface area contributed by atoms with Crippen LogP contribution in [0.15, 0.2) is 0 Å². The molecule has 20 N–H and O–H groups in total. The van der Waals surface area contributed by atoms with Gasteiger partial charge in [0.25, 0.3) is 0 Å². The third kappa shape index (κ3) is 29.4. The highest BCUT2D eigenvalue weighted by atomic mass is 32.2. The minimum Gasteiger partial charge on any atom is -0.481 e. The van der Waals surface area contributed by atoms with E-state index in [1.807, 2.05) is 0 Å². The fourth-order valence-electron chi connectivity index (χ4n) is 7.45. The summed E-state index contributed by atoms with van der Waals surface area (Å²) in [6.45, 7) is 5.94. The van der Waals surface area contributed by atoms with Gasteiger partial charge in [-0.05, 0) is 107 Å². The Hall–Kier alpha value is -6.15. The summed E-state index contributed by atoms with van der Waals surface area (Å²) in [7, 11) is 0. The van der Waals surface area contributed by atoms with E-state index >= 15 is 0 Å². The first-order valence-corrected chi connectivity index (χ1v) is 29.2. The lowest BCUT2D eigenvalue weighted by molar-refractivity contribution is -0.141. The van der Waals surface area contributed by atoms with Gasteiger partial charge in [0.05, 0.1) is 31.5 Å². The number of aliphatic hydroxyl groups is 1. The molecule has 0 aliphatic rings. The average Bonchev–Trinajstić information content (AvgIpc) is 3.40. The smallest absolute Gasteiger partial charge is 0.305 e. The summed E-state index contributed by atoms with van der Waals surface area (Å²) < 4.78 is 0. The summed E-state index contributed by atoms with van der Waals surface area (Å²) in [6.07, 6.45) is 3.14. The quantitative estimate of drug-likeness (QED) is 0.0202. The Balaban J connectivity index is 6.64. The molecule has 0 saturated heterocycles. The van der Waals surface area contributed by atoms with Crippen LogP contribution < -0.4 is 70.8 Å². The van der Waals surface area contributed by atoms with Crippen molar-refractivity contribution < 1.29 is 77.6 Å². The van der Waals surface area contributed by atoms with Crippen molar-refractivity contribution in [2.45, 2.75) is 172 Å². The van der Waals surface area contributed by atoms with Crippen LogP contribution in [0.5, 0.6) is 0 Å². The lowest BCUT2D eigenvalue weighted by Gasteiger charge is -2.29. The van der Waals surface area contributed by atoms with Crippen molar-refractivity contribution >= 4 is 101 Å². The SMILES string of the molecule is CC[C@H](C)[C@@H](C=O)NC(=O)[C@@H](CC(=O)O)NC(=O)[C@H](CCCCN)NC(=O)[C@@H](CCSC)NC(=O)[C@H](NC(=O)[C@H](CCCCN)NC(=O)[C@H](CO)NC(=O)[C@@H](CC(N)=O)NC(=O)[C@@H](CCC(=O)O)NC(=O)[C@H](N)CCSC)C(C)C. The van der Waals surface area contributed by atoms with Gasteiger partial charge in [0.1, 0.15) is 54.6 Å². The fraction of sp³-hybridized carbons (Fsp3) is 0.735. The Morgan fingerprint density at radius 3 is 1.34 bits per heavy atom. The Bertz CT molecular complexity index is 2060. The Morgan fingerprint density at radius 2 is 0.900 bits per heavy atom. The maximum absolute atomic E-state index is 14.1. The predicted octanol–water partition coefficient (Wildman–Crippen LogP) is -4.45. The molecular weight excluding hydrogens is 1090 g/mol.